The Morgan fingerprint density at radius 3 is 2.17 bits per heavy atom. The third kappa shape index (κ3) is 3.81. The van der Waals surface area contributed by atoms with Gasteiger partial charge in [0.15, 0.2) is 0 Å². The average Bonchev–Trinajstić information content (AvgIpc) is 2.51. The summed E-state index contributed by atoms with van der Waals surface area (Å²) >= 11 is 23.4. The fraction of sp³-hybridized carbons (Fsp3) is 0.133. The van der Waals surface area contributed by atoms with E-state index in [0.29, 0.717) is 0 Å². The standard InChI is InChI=1S/C15H11Cl4NO3S/c1-9(15(19)21)20(14-5-3-2-4-12(14)17)24(22,23)10-6-7-11(16)13(18)8-10/h2-9H,1H3. The van der Waals surface area contributed by atoms with Crippen LogP contribution in [0.5, 0.6) is 0 Å². The molecule has 0 amide bonds. The molecule has 0 radical (unpaired) electrons. The molecule has 1 unspecified atom stereocenters. The molecule has 128 valence electrons. The minimum absolute atomic E-state index is 0.0710. The number of sulfonamides is 1. The molecule has 0 aromatic heterocycles. The number of hydrogen-bond donors (Lipinski definition) is 0. The van der Waals surface area contributed by atoms with Crippen molar-refractivity contribution in [1.29, 1.82) is 0 Å². The van der Waals surface area contributed by atoms with E-state index in [4.69, 9.17) is 46.4 Å². The van der Waals surface area contributed by atoms with E-state index >= 15 is 0 Å². The summed E-state index contributed by atoms with van der Waals surface area (Å²) in [6.07, 6.45) is 0. The Balaban J connectivity index is 2.68. The third-order valence-corrected chi connectivity index (χ3v) is 6.47. The monoisotopic (exact) mass is 425 g/mol. The van der Waals surface area contributed by atoms with Crippen LogP contribution in [0.1, 0.15) is 6.92 Å². The highest BCUT2D eigenvalue weighted by Gasteiger charge is 2.34. The Hall–Kier alpha value is -0.980. The van der Waals surface area contributed by atoms with E-state index in [-0.39, 0.29) is 25.7 Å². The summed E-state index contributed by atoms with van der Waals surface area (Å²) in [6, 6.07) is 8.91. The highest BCUT2D eigenvalue weighted by molar-refractivity contribution is 7.93. The van der Waals surface area contributed by atoms with Crippen LogP contribution in [-0.2, 0) is 14.8 Å². The Labute approximate surface area is 159 Å². The molecule has 24 heavy (non-hydrogen) atoms. The lowest BCUT2D eigenvalue weighted by molar-refractivity contribution is -0.112. The van der Waals surface area contributed by atoms with Crippen LogP contribution >= 0.6 is 46.4 Å². The molecule has 0 fully saturated rings. The molecule has 0 aliphatic carbocycles. The first-order chi connectivity index (χ1) is 11.2. The average molecular weight is 427 g/mol. The molecule has 9 heteroatoms. The maximum atomic E-state index is 13.0. The van der Waals surface area contributed by atoms with Crippen LogP contribution in [0.25, 0.3) is 0 Å². The largest absolute Gasteiger partial charge is 0.279 e. The van der Waals surface area contributed by atoms with Gasteiger partial charge in [-0.3, -0.25) is 9.10 Å². The summed E-state index contributed by atoms with van der Waals surface area (Å²) in [5.74, 6) is 0. The van der Waals surface area contributed by atoms with Crippen molar-refractivity contribution in [3.63, 3.8) is 0 Å². The number of halogens is 4. The van der Waals surface area contributed by atoms with Crippen molar-refractivity contribution >= 4 is 67.4 Å². The normalized spacial score (nSPS) is 12.7. The van der Waals surface area contributed by atoms with Gasteiger partial charge in [-0.2, -0.15) is 0 Å². The highest BCUT2D eigenvalue weighted by atomic mass is 35.5. The van der Waals surface area contributed by atoms with Gasteiger partial charge in [0.2, 0.25) is 5.24 Å². The van der Waals surface area contributed by atoms with Crippen molar-refractivity contribution in [3.05, 3.63) is 57.5 Å². The van der Waals surface area contributed by atoms with Crippen molar-refractivity contribution in [2.24, 2.45) is 0 Å². The molecular formula is C15H11Cl4NO3S. The predicted octanol–water partition coefficient (Wildman–Crippen LogP) is 5.00. The van der Waals surface area contributed by atoms with E-state index in [9.17, 15) is 13.2 Å². The molecule has 0 N–H and O–H groups in total. The van der Waals surface area contributed by atoms with Crippen LogP contribution in [0.4, 0.5) is 5.69 Å². The van der Waals surface area contributed by atoms with Crippen molar-refractivity contribution in [2.45, 2.75) is 17.9 Å². The molecule has 0 heterocycles. The number of para-hydroxylation sites is 1. The Morgan fingerprint density at radius 2 is 1.62 bits per heavy atom. The summed E-state index contributed by atoms with van der Waals surface area (Å²) < 4.78 is 27.0. The second-order valence-corrected chi connectivity index (χ2v) is 8.22. The van der Waals surface area contributed by atoms with Gasteiger partial charge in [-0.05, 0) is 48.9 Å². The van der Waals surface area contributed by atoms with Crippen LogP contribution < -0.4 is 4.31 Å². The number of anilines is 1. The molecule has 0 bridgehead atoms. The second-order valence-electron chi connectivity index (χ2n) is 4.81. The number of carbonyl (C=O) groups excluding carboxylic acids is 1. The van der Waals surface area contributed by atoms with Crippen LogP contribution in [0.15, 0.2) is 47.4 Å². The van der Waals surface area contributed by atoms with Crippen LogP contribution in [0, 0.1) is 0 Å². The fourth-order valence-corrected chi connectivity index (χ4v) is 4.48. The first kappa shape index (κ1) is 19.3. The van der Waals surface area contributed by atoms with Gasteiger partial charge in [-0.1, -0.05) is 46.9 Å². The quantitative estimate of drug-likeness (QED) is 0.632. The second kappa shape index (κ2) is 7.50. The predicted molar refractivity (Wildman–Crippen MR) is 97.9 cm³/mol. The van der Waals surface area contributed by atoms with Crippen LogP contribution in [0.3, 0.4) is 0 Å². The first-order valence-corrected chi connectivity index (χ1v) is 9.55. The van der Waals surface area contributed by atoms with Gasteiger partial charge in [0.1, 0.15) is 6.04 Å². The van der Waals surface area contributed by atoms with Crippen molar-refractivity contribution in [3.8, 4) is 0 Å². The van der Waals surface area contributed by atoms with Crippen molar-refractivity contribution in [2.75, 3.05) is 4.31 Å². The van der Waals surface area contributed by atoms with Crippen molar-refractivity contribution < 1.29 is 13.2 Å². The summed E-state index contributed by atoms with van der Waals surface area (Å²) in [5, 5.41) is -0.410. The summed E-state index contributed by atoms with van der Waals surface area (Å²) in [5.41, 5.74) is 0.131. The lowest BCUT2D eigenvalue weighted by atomic mass is 10.3. The van der Waals surface area contributed by atoms with Gasteiger partial charge in [0.25, 0.3) is 10.0 Å². The highest BCUT2D eigenvalue weighted by Crippen LogP contribution is 2.34. The molecule has 0 saturated heterocycles. The summed E-state index contributed by atoms with van der Waals surface area (Å²) in [4.78, 5) is 11.5. The van der Waals surface area contributed by atoms with E-state index < -0.39 is 21.3 Å². The SMILES string of the molecule is CC(C(=O)Cl)N(c1ccccc1Cl)S(=O)(=O)c1ccc(Cl)c(Cl)c1. The minimum Gasteiger partial charge on any atom is -0.279 e. The lowest BCUT2D eigenvalue weighted by Crippen LogP contribution is -2.42. The van der Waals surface area contributed by atoms with E-state index in [2.05, 4.69) is 0 Å². The van der Waals surface area contributed by atoms with Gasteiger partial charge in [-0.25, -0.2) is 8.42 Å². The summed E-state index contributed by atoms with van der Waals surface area (Å²) in [6.45, 7) is 1.37. The van der Waals surface area contributed by atoms with Gasteiger partial charge in [0.05, 0.1) is 25.7 Å². The maximum Gasteiger partial charge on any atom is 0.265 e. The fourth-order valence-electron chi connectivity index (χ4n) is 2.02. The minimum atomic E-state index is -4.16. The molecular weight excluding hydrogens is 416 g/mol. The van der Waals surface area contributed by atoms with E-state index in [1.165, 1.54) is 37.3 Å². The summed E-state index contributed by atoms with van der Waals surface area (Å²) in [7, 11) is -4.16. The Kier molecular flexibility index (Phi) is 6.04. The molecule has 0 aliphatic rings. The molecule has 0 saturated carbocycles. The number of rotatable bonds is 5. The number of nitrogens with zero attached hydrogens (tertiary/aromatic N) is 1. The van der Waals surface area contributed by atoms with E-state index in [1.54, 1.807) is 12.1 Å². The molecule has 2 rings (SSSR count). The Bertz CT molecular complexity index is 886. The van der Waals surface area contributed by atoms with Gasteiger partial charge >= 0.3 is 0 Å². The number of carbonyl (C=O) groups is 1. The molecule has 0 spiro atoms. The lowest BCUT2D eigenvalue weighted by Gasteiger charge is -2.29. The number of benzene rings is 2. The molecule has 4 nitrogen and oxygen atoms in total. The topological polar surface area (TPSA) is 54.5 Å². The van der Waals surface area contributed by atoms with Crippen molar-refractivity contribution in [1.82, 2.24) is 0 Å². The number of hydrogen-bond acceptors (Lipinski definition) is 3. The molecule has 0 aliphatic heterocycles. The zero-order chi connectivity index (χ0) is 18.1. The Morgan fingerprint density at radius 1 is 1.00 bits per heavy atom. The third-order valence-electron chi connectivity index (χ3n) is 3.22. The first-order valence-electron chi connectivity index (χ1n) is 6.59. The molecule has 2 aromatic rings. The van der Waals surface area contributed by atoms with E-state index in [1.807, 2.05) is 0 Å². The van der Waals surface area contributed by atoms with Gasteiger partial charge in [-0.15, -0.1) is 0 Å². The zero-order valence-electron chi connectivity index (χ0n) is 12.2. The van der Waals surface area contributed by atoms with Gasteiger partial charge < -0.3 is 0 Å². The van der Waals surface area contributed by atoms with Crippen LogP contribution in [0.2, 0.25) is 15.1 Å². The maximum absolute atomic E-state index is 13.0. The molecule has 2 aromatic carbocycles. The van der Waals surface area contributed by atoms with Gasteiger partial charge in [0, 0.05) is 0 Å². The molecule has 1 atom stereocenters. The zero-order valence-corrected chi connectivity index (χ0v) is 16.1. The van der Waals surface area contributed by atoms with Crippen LogP contribution in [-0.4, -0.2) is 19.7 Å². The smallest absolute Gasteiger partial charge is 0.265 e. The van der Waals surface area contributed by atoms with E-state index in [0.717, 1.165) is 4.31 Å².